The number of hydrogen-bond donors (Lipinski definition) is 0. The molecule has 2 aliphatic rings. The predicted octanol–water partition coefficient (Wildman–Crippen LogP) is 2.36. The summed E-state index contributed by atoms with van der Waals surface area (Å²) >= 11 is -2.45. The fourth-order valence-electron chi connectivity index (χ4n) is 6.79. The standard InChI is InChI=1S/C21H25.C12H11Si.C5H5.2ClH.Zr/c1-20(2,3)15-11-10-14-12-18-16(17(14)13-15)8-7-9-19(18)21(4,5)6;1-3-7-11(8-4-1)13-12-9-5-2-6-10-12;1-2-4-5-3-1;;;/h7-13H,1-6H3;1-10,13H;1-3H,4H2;2*1H;/q;;;;;+2/p-2. The SMILES string of the molecule is CC(C)(C)c1ccc2c(c1)-c1cccc(C(C)(C)C)c1[CH]2[Zr+2]([C]1=CC=CC1)[SiH](c1ccccc1)c1ccccc1.[Cl-].[Cl-]. The zero-order valence-corrected chi connectivity index (χ0v) is 30.7. The van der Waals surface area contributed by atoms with Gasteiger partial charge >= 0.3 is 252 Å². The molecule has 215 valence electrons. The second-order valence-electron chi connectivity index (χ2n) is 13.5. The fraction of sp³-hybridized carbons (Fsp3) is 0.263. The van der Waals surface area contributed by atoms with Crippen LogP contribution in [-0.4, -0.2) is 5.92 Å². The molecule has 0 radical (unpaired) electrons. The molecule has 4 heteroatoms. The topological polar surface area (TPSA) is 0 Å². The van der Waals surface area contributed by atoms with Crippen molar-refractivity contribution in [1.29, 1.82) is 0 Å². The number of benzene rings is 4. The Morgan fingerprint density at radius 1 is 0.667 bits per heavy atom. The Morgan fingerprint density at radius 3 is 1.81 bits per heavy atom. The number of hydrogen-bond acceptors (Lipinski definition) is 0. The summed E-state index contributed by atoms with van der Waals surface area (Å²) in [5, 5.41) is 3.23. The fourth-order valence-corrected chi connectivity index (χ4v) is 31.9. The first-order valence-electron chi connectivity index (χ1n) is 14.8. The summed E-state index contributed by atoms with van der Waals surface area (Å²) in [6.45, 7) is 14.3. The molecule has 0 amide bonds. The van der Waals surface area contributed by atoms with Gasteiger partial charge in [-0.25, -0.2) is 0 Å². The van der Waals surface area contributed by atoms with Crippen LogP contribution in [0.3, 0.4) is 0 Å². The van der Waals surface area contributed by atoms with E-state index in [-0.39, 0.29) is 35.6 Å². The first kappa shape index (κ1) is 32.9. The summed E-state index contributed by atoms with van der Waals surface area (Å²) in [5.74, 6) is -1.52. The molecule has 1 atom stereocenters. The molecule has 0 nitrogen and oxygen atoms in total. The molecule has 0 heterocycles. The third-order valence-electron chi connectivity index (χ3n) is 8.75. The van der Waals surface area contributed by atoms with Gasteiger partial charge in [-0.3, -0.25) is 0 Å². The predicted molar refractivity (Wildman–Crippen MR) is 172 cm³/mol. The average Bonchev–Trinajstić information content (AvgIpc) is 3.58. The minimum atomic E-state index is -2.45. The number of halogens is 2. The molecule has 0 N–H and O–H groups in total. The second-order valence-corrected chi connectivity index (χ2v) is 28.9. The summed E-state index contributed by atoms with van der Waals surface area (Å²) in [6.07, 6.45) is 8.41. The van der Waals surface area contributed by atoms with Crippen LogP contribution < -0.4 is 35.2 Å². The zero-order valence-electron chi connectivity index (χ0n) is 25.6. The van der Waals surface area contributed by atoms with Crippen LogP contribution in [0.5, 0.6) is 0 Å². The quantitative estimate of drug-likeness (QED) is 0.283. The van der Waals surface area contributed by atoms with E-state index in [2.05, 4.69) is 157 Å². The Labute approximate surface area is 274 Å². The summed E-state index contributed by atoms with van der Waals surface area (Å²) in [6, 6.07) is 38.0. The van der Waals surface area contributed by atoms with Crippen LogP contribution in [0.4, 0.5) is 0 Å². The van der Waals surface area contributed by atoms with E-state index in [0.29, 0.717) is 3.63 Å². The van der Waals surface area contributed by atoms with Crippen molar-refractivity contribution in [2.75, 3.05) is 0 Å². The van der Waals surface area contributed by atoms with Gasteiger partial charge in [-0.2, -0.15) is 0 Å². The van der Waals surface area contributed by atoms with Crippen LogP contribution in [0.15, 0.2) is 119 Å². The van der Waals surface area contributed by atoms with E-state index in [1.165, 1.54) is 16.7 Å². The van der Waals surface area contributed by atoms with E-state index in [9.17, 15) is 0 Å². The minimum Gasteiger partial charge on any atom is -1.00 e. The van der Waals surface area contributed by atoms with Crippen molar-refractivity contribution >= 4 is 16.3 Å². The molecular weight excluding hydrogens is 647 g/mol. The molecule has 0 saturated carbocycles. The third kappa shape index (κ3) is 6.16. The third-order valence-corrected chi connectivity index (χ3v) is 30.9. The van der Waals surface area contributed by atoms with E-state index in [1.54, 1.807) is 30.3 Å². The molecule has 0 bridgehead atoms. The monoisotopic (exact) mass is 685 g/mol. The molecule has 0 aromatic heterocycles. The summed E-state index contributed by atoms with van der Waals surface area (Å²) in [7, 11) is 0. The van der Waals surface area contributed by atoms with Gasteiger partial charge in [-0.05, 0) is 0 Å². The van der Waals surface area contributed by atoms with Gasteiger partial charge in [0.1, 0.15) is 0 Å². The zero-order chi connectivity index (χ0) is 28.1. The summed E-state index contributed by atoms with van der Waals surface area (Å²) < 4.78 is 2.32. The van der Waals surface area contributed by atoms with Crippen LogP contribution >= 0.6 is 0 Å². The molecular formula is C38H41Cl2SiZr. The second kappa shape index (κ2) is 13.0. The molecule has 1 unspecified atom stereocenters. The van der Waals surface area contributed by atoms with Crippen LogP contribution in [-0.2, 0) is 31.7 Å². The Bertz CT molecular complexity index is 1550. The van der Waals surface area contributed by atoms with Crippen LogP contribution in [0, 0.1) is 0 Å². The van der Waals surface area contributed by atoms with Gasteiger partial charge in [-0.15, -0.1) is 0 Å². The van der Waals surface area contributed by atoms with Gasteiger partial charge in [0.15, 0.2) is 0 Å². The largest absolute Gasteiger partial charge is 1.00 e. The molecule has 2 aliphatic carbocycles. The van der Waals surface area contributed by atoms with Crippen molar-refractivity contribution in [1.82, 2.24) is 0 Å². The van der Waals surface area contributed by atoms with E-state index in [1.807, 2.05) is 0 Å². The van der Waals surface area contributed by atoms with Gasteiger partial charge < -0.3 is 24.8 Å². The maximum Gasteiger partial charge on any atom is -1.00 e. The Morgan fingerprint density at radius 2 is 1.29 bits per heavy atom. The van der Waals surface area contributed by atoms with Crippen molar-refractivity contribution in [3.05, 3.63) is 141 Å². The van der Waals surface area contributed by atoms with Crippen molar-refractivity contribution < 1.29 is 45.7 Å². The number of fused-ring (bicyclic) bond motifs is 3. The van der Waals surface area contributed by atoms with Crippen LogP contribution in [0.1, 0.15) is 73.8 Å². The van der Waals surface area contributed by atoms with E-state index in [4.69, 9.17) is 0 Å². The van der Waals surface area contributed by atoms with E-state index < -0.39 is 26.8 Å². The van der Waals surface area contributed by atoms with Crippen molar-refractivity contribution in [3.63, 3.8) is 0 Å². The molecule has 4 aromatic rings. The molecule has 42 heavy (non-hydrogen) atoms. The van der Waals surface area contributed by atoms with Gasteiger partial charge in [-0.1, -0.05) is 0 Å². The van der Waals surface area contributed by atoms with E-state index >= 15 is 0 Å². The van der Waals surface area contributed by atoms with Gasteiger partial charge in [0, 0.05) is 0 Å². The smallest absolute Gasteiger partial charge is 1.00 e. The van der Waals surface area contributed by atoms with Crippen LogP contribution in [0.25, 0.3) is 11.1 Å². The number of rotatable bonds is 5. The first-order chi connectivity index (χ1) is 19.1. The molecule has 6 rings (SSSR count). The molecule has 0 spiro atoms. The number of allylic oxidation sites excluding steroid dienone is 4. The molecule has 0 aliphatic heterocycles. The summed E-state index contributed by atoms with van der Waals surface area (Å²) in [4.78, 5) is 0. The van der Waals surface area contributed by atoms with Crippen molar-refractivity contribution in [3.8, 4) is 11.1 Å². The van der Waals surface area contributed by atoms with Gasteiger partial charge in [0.05, 0.1) is 0 Å². The average molecular weight is 688 g/mol. The maximum absolute atomic E-state index is 2.55. The summed E-state index contributed by atoms with van der Waals surface area (Å²) in [5.41, 5.74) is 9.45. The van der Waals surface area contributed by atoms with Crippen molar-refractivity contribution in [2.24, 2.45) is 0 Å². The minimum absolute atomic E-state index is 0. The molecule has 4 aromatic carbocycles. The van der Waals surface area contributed by atoms with Crippen molar-refractivity contribution in [2.45, 2.75) is 62.4 Å². The van der Waals surface area contributed by atoms with Gasteiger partial charge in [0.25, 0.3) is 0 Å². The normalized spacial score (nSPS) is 15.4. The van der Waals surface area contributed by atoms with E-state index in [0.717, 1.165) is 6.42 Å². The Balaban J connectivity index is 0.00000202. The Kier molecular flexibility index (Phi) is 10.2. The van der Waals surface area contributed by atoms with Gasteiger partial charge in [0.2, 0.25) is 0 Å². The Hall–Kier alpha value is -1.96. The molecule has 0 saturated heterocycles. The van der Waals surface area contributed by atoms with Crippen LogP contribution in [0.2, 0.25) is 0 Å². The molecule has 0 fully saturated rings. The maximum atomic E-state index is 2.55. The first-order valence-corrected chi connectivity index (χ1v) is 23.4.